The van der Waals surface area contributed by atoms with Gasteiger partial charge in [0.05, 0.1) is 17.2 Å². The number of benzene rings is 2. The van der Waals surface area contributed by atoms with Gasteiger partial charge < -0.3 is 4.74 Å². The highest BCUT2D eigenvalue weighted by Crippen LogP contribution is 2.15. The maximum absolute atomic E-state index is 11.9. The lowest BCUT2D eigenvalue weighted by Gasteiger charge is -2.04. The Labute approximate surface area is 105 Å². The molecule has 3 heteroatoms. The van der Waals surface area contributed by atoms with Gasteiger partial charge >= 0.3 is 5.97 Å². The van der Waals surface area contributed by atoms with Crippen LogP contribution < -0.4 is 4.74 Å². The van der Waals surface area contributed by atoms with Crippen LogP contribution in [0.1, 0.15) is 21.5 Å². The first-order valence-corrected chi connectivity index (χ1v) is 5.48. The lowest BCUT2D eigenvalue weighted by atomic mass is 10.1. The maximum atomic E-state index is 11.9. The van der Waals surface area contributed by atoms with Crippen LogP contribution in [0.25, 0.3) is 0 Å². The van der Waals surface area contributed by atoms with E-state index in [9.17, 15) is 4.79 Å². The molecule has 0 saturated carbocycles. The molecule has 18 heavy (non-hydrogen) atoms. The number of carbonyl (C=O) groups excluding carboxylic acids is 1. The molecule has 0 aliphatic heterocycles. The molecule has 0 heterocycles. The highest BCUT2D eigenvalue weighted by molar-refractivity contribution is 5.91. The molecular weight excluding hydrogens is 226 g/mol. The second-order valence-electron chi connectivity index (χ2n) is 3.90. The summed E-state index contributed by atoms with van der Waals surface area (Å²) in [6.45, 7) is 1.91. The van der Waals surface area contributed by atoms with Gasteiger partial charge in [0.2, 0.25) is 0 Å². The second-order valence-corrected chi connectivity index (χ2v) is 3.90. The molecule has 0 radical (unpaired) electrons. The number of esters is 1. The summed E-state index contributed by atoms with van der Waals surface area (Å²) in [6, 6.07) is 15.7. The summed E-state index contributed by atoms with van der Waals surface area (Å²) in [7, 11) is 0. The minimum Gasteiger partial charge on any atom is -0.423 e. The zero-order valence-corrected chi connectivity index (χ0v) is 9.88. The smallest absolute Gasteiger partial charge is 0.343 e. The zero-order chi connectivity index (χ0) is 13.0. The van der Waals surface area contributed by atoms with E-state index >= 15 is 0 Å². The fourth-order valence-corrected chi connectivity index (χ4v) is 1.57. The molecule has 2 aromatic rings. The van der Waals surface area contributed by atoms with Crippen LogP contribution in [0, 0.1) is 18.3 Å². The van der Waals surface area contributed by atoms with Gasteiger partial charge in [-0.05, 0) is 37.3 Å². The summed E-state index contributed by atoms with van der Waals surface area (Å²) >= 11 is 0. The summed E-state index contributed by atoms with van der Waals surface area (Å²) in [4.78, 5) is 11.9. The van der Waals surface area contributed by atoms with Gasteiger partial charge in [0.15, 0.2) is 0 Å². The van der Waals surface area contributed by atoms with Crippen molar-refractivity contribution in [3.63, 3.8) is 0 Å². The molecule has 0 aromatic heterocycles. The molecule has 0 aliphatic rings. The van der Waals surface area contributed by atoms with Crippen LogP contribution in [0.3, 0.4) is 0 Å². The Balaban J connectivity index is 2.19. The molecule has 88 valence electrons. The summed E-state index contributed by atoms with van der Waals surface area (Å²) in [5.74, 6) is -0.0469. The third-order valence-corrected chi connectivity index (χ3v) is 2.43. The number of hydrogen-bond acceptors (Lipinski definition) is 3. The maximum Gasteiger partial charge on any atom is 0.343 e. The van der Waals surface area contributed by atoms with Gasteiger partial charge in [-0.2, -0.15) is 5.26 Å². The van der Waals surface area contributed by atoms with Crippen molar-refractivity contribution in [2.24, 2.45) is 0 Å². The molecule has 0 bridgehead atoms. The Hall–Kier alpha value is -2.60. The van der Waals surface area contributed by atoms with E-state index in [2.05, 4.69) is 0 Å². The Kier molecular flexibility index (Phi) is 3.40. The standard InChI is InChI=1S/C15H11NO2/c1-11-4-2-6-13(8-11)15(17)18-14-7-3-5-12(9-14)10-16/h2-9H,1H3. The van der Waals surface area contributed by atoms with Gasteiger partial charge in [0.1, 0.15) is 5.75 Å². The first-order chi connectivity index (χ1) is 8.69. The summed E-state index contributed by atoms with van der Waals surface area (Å²) in [6.07, 6.45) is 0. The van der Waals surface area contributed by atoms with E-state index in [4.69, 9.17) is 10.00 Å². The third-order valence-electron chi connectivity index (χ3n) is 2.43. The average Bonchev–Trinajstić information content (AvgIpc) is 2.39. The topological polar surface area (TPSA) is 50.1 Å². The lowest BCUT2D eigenvalue weighted by Crippen LogP contribution is -2.08. The monoisotopic (exact) mass is 237 g/mol. The molecule has 2 rings (SSSR count). The van der Waals surface area contributed by atoms with Crippen LogP contribution in [0.15, 0.2) is 48.5 Å². The quantitative estimate of drug-likeness (QED) is 0.595. The number of ether oxygens (including phenoxy) is 1. The third kappa shape index (κ3) is 2.74. The van der Waals surface area contributed by atoms with Crippen molar-refractivity contribution >= 4 is 5.97 Å². The highest BCUT2D eigenvalue weighted by Gasteiger charge is 2.08. The van der Waals surface area contributed by atoms with Crippen molar-refractivity contribution in [2.45, 2.75) is 6.92 Å². The molecule has 0 aliphatic carbocycles. The fourth-order valence-electron chi connectivity index (χ4n) is 1.57. The summed E-state index contributed by atoms with van der Waals surface area (Å²) in [5.41, 5.74) is 1.96. The minimum atomic E-state index is -0.422. The van der Waals surface area contributed by atoms with Gasteiger partial charge in [-0.15, -0.1) is 0 Å². The van der Waals surface area contributed by atoms with Crippen LogP contribution in [0.5, 0.6) is 5.75 Å². The van der Waals surface area contributed by atoms with Gasteiger partial charge in [-0.1, -0.05) is 23.8 Å². The number of nitrogens with zero attached hydrogens (tertiary/aromatic N) is 1. The lowest BCUT2D eigenvalue weighted by molar-refractivity contribution is 0.0734. The molecule has 0 atom stereocenters. The van der Waals surface area contributed by atoms with Crippen molar-refractivity contribution in [1.82, 2.24) is 0 Å². The molecule has 3 nitrogen and oxygen atoms in total. The van der Waals surface area contributed by atoms with Crippen LogP contribution in [0.4, 0.5) is 0 Å². The Morgan fingerprint density at radius 1 is 1.17 bits per heavy atom. The number of hydrogen-bond donors (Lipinski definition) is 0. The Morgan fingerprint density at radius 2 is 1.94 bits per heavy atom. The molecule has 0 spiro atoms. The number of aryl methyl sites for hydroxylation is 1. The van der Waals surface area contributed by atoms with Gasteiger partial charge in [0.25, 0.3) is 0 Å². The van der Waals surface area contributed by atoms with Crippen LogP contribution in [-0.4, -0.2) is 5.97 Å². The fraction of sp³-hybridized carbons (Fsp3) is 0.0667. The van der Waals surface area contributed by atoms with Crippen molar-refractivity contribution in [3.8, 4) is 11.8 Å². The van der Waals surface area contributed by atoms with Crippen LogP contribution in [0.2, 0.25) is 0 Å². The van der Waals surface area contributed by atoms with Gasteiger partial charge in [0, 0.05) is 0 Å². The SMILES string of the molecule is Cc1cccc(C(=O)Oc2cccc(C#N)c2)c1. The van der Waals surface area contributed by atoms with Crippen molar-refractivity contribution in [2.75, 3.05) is 0 Å². The summed E-state index contributed by atoms with van der Waals surface area (Å²) in [5, 5.41) is 8.76. The molecule has 0 saturated heterocycles. The average molecular weight is 237 g/mol. The number of nitriles is 1. The molecule has 0 N–H and O–H groups in total. The van der Waals surface area contributed by atoms with E-state index in [0.29, 0.717) is 16.9 Å². The van der Waals surface area contributed by atoms with Crippen molar-refractivity contribution < 1.29 is 9.53 Å². The first kappa shape index (κ1) is 11.9. The Morgan fingerprint density at radius 3 is 2.67 bits per heavy atom. The minimum absolute atomic E-state index is 0.376. The normalized spacial score (nSPS) is 9.56. The van der Waals surface area contributed by atoms with Gasteiger partial charge in [-0.25, -0.2) is 4.79 Å². The molecule has 0 fully saturated rings. The zero-order valence-electron chi connectivity index (χ0n) is 9.88. The van der Waals surface area contributed by atoms with E-state index in [0.717, 1.165) is 5.56 Å². The van der Waals surface area contributed by atoms with E-state index in [1.807, 2.05) is 19.1 Å². The number of carbonyl (C=O) groups is 1. The van der Waals surface area contributed by atoms with Crippen molar-refractivity contribution in [1.29, 1.82) is 5.26 Å². The molecular formula is C15H11NO2. The van der Waals surface area contributed by atoms with E-state index in [-0.39, 0.29) is 0 Å². The molecule has 2 aromatic carbocycles. The molecule has 0 unspecified atom stereocenters. The van der Waals surface area contributed by atoms with E-state index in [1.165, 1.54) is 6.07 Å². The summed E-state index contributed by atoms with van der Waals surface area (Å²) < 4.78 is 5.21. The van der Waals surface area contributed by atoms with Crippen LogP contribution in [-0.2, 0) is 0 Å². The first-order valence-electron chi connectivity index (χ1n) is 5.48. The van der Waals surface area contributed by atoms with Gasteiger partial charge in [-0.3, -0.25) is 0 Å². The predicted octanol–water partition coefficient (Wildman–Crippen LogP) is 3.09. The van der Waals surface area contributed by atoms with E-state index < -0.39 is 5.97 Å². The second kappa shape index (κ2) is 5.15. The number of rotatable bonds is 2. The van der Waals surface area contributed by atoms with E-state index in [1.54, 1.807) is 36.4 Å². The highest BCUT2D eigenvalue weighted by atomic mass is 16.5. The predicted molar refractivity (Wildman–Crippen MR) is 67.3 cm³/mol. The Bertz CT molecular complexity index is 626. The van der Waals surface area contributed by atoms with Crippen molar-refractivity contribution in [3.05, 3.63) is 65.2 Å². The molecule has 0 amide bonds. The largest absolute Gasteiger partial charge is 0.423 e. The van der Waals surface area contributed by atoms with Crippen LogP contribution >= 0.6 is 0 Å².